The molecule has 166 valence electrons. The summed E-state index contributed by atoms with van der Waals surface area (Å²) >= 11 is 0. The number of hydrogen-bond donors (Lipinski definition) is 3. The van der Waals surface area contributed by atoms with Gasteiger partial charge in [-0.2, -0.15) is 0 Å². The summed E-state index contributed by atoms with van der Waals surface area (Å²) < 4.78 is 5.48. The quantitative estimate of drug-likeness (QED) is 0.620. The molecule has 7 nitrogen and oxygen atoms in total. The first-order chi connectivity index (χ1) is 15.5. The van der Waals surface area contributed by atoms with E-state index in [1.165, 1.54) is 0 Å². The average Bonchev–Trinajstić information content (AvgIpc) is 3.36. The maximum absolute atomic E-state index is 12.7. The van der Waals surface area contributed by atoms with Gasteiger partial charge in [-0.15, -0.1) is 0 Å². The molecule has 3 N–H and O–H groups in total. The maximum Gasteiger partial charge on any atom is 0.407 e. The van der Waals surface area contributed by atoms with Gasteiger partial charge in [-0.25, -0.2) is 4.79 Å². The van der Waals surface area contributed by atoms with E-state index in [0.29, 0.717) is 11.8 Å². The predicted octanol–water partition coefficient (Wildman–Crippen LogP) is 3.28. The molecule has 2 aromatic rings. The Kier molecular flexibility index (Phi) is 5.33. The summed E-state index contributed by atoms with van der Waals surface area (Å²) in [5, 5.41) is 14.6. The Morgan fingerprint density at radius 2 is 1.66 bits per heavy atom. The number of ether oxygens (including phenoxy) is 1. The standard InChI is InChI=1S/C25H26N2O5/c28-23(29)12-22(24(30)26-21-10-9-14-11-19(14)21)27-25(31)32-13-20-17-7-3-1-5-15(17)16-6-2-4-8-18(16)20/h1-8,14,19-22H,9-13H2,(H,26,30)(H,27,31)(H,28,29). The molecule has 3 aliphatic rings. The first-order valence-corrected chi connectivity index (χ1v) is 11.1. The van der Waals surface area contributed by atoms with Crippen LogP contribution in [-0.4, -0.2) is 41.8 Å². The molecular formula is C25H26N2O5. The fourth-order valence-electron chi connectivity index (χ4n) is 5.33. The van der Waals surface area contributed by atoms with Crippen LogP contribution >= 0.6 is 0 Å². The Bertz CT molecular complexity index is 1020. The lowest BCUT2D eigenvalue weighted by molar-refractivity contribution is -0.140. The van der Waals surface area contributed by atoms with Crippen LogP contribution < -0.4 is 10.6 Å². The van der Waals surface area contributed by atoms with Crippen molar-refractivity contribution in [3.8, 4) is 11.1 Å². The van der Waals surface area contributed by atoms with Crippen molar-refractivity contribution in [1.29, 1.82) is 0 Å². The van der Waals surface area contributed by atoms with E-state index in [1.54, 1.807) is 0 Å². The summed E-state index contributed by atoms with van der Waals surface area (Å²) in [6.07, 6.45) is 1.85. The second-order valence-electron chi connectivity index (χ2n) is 8.97. The summed E-state index contributed by atoms with van der Waals surface area (Å²) in [5.74, 6) is -0.532. The van der Waals surface area contributed by atoms with E-state index >= 15 is 0 Å². The molecule has 2 aromatic carbocycles. The molecule has 4 atom stereocenters. The minimum Gasteiger partial charge on any atom is -0.481 e. The fourth-order valence-corrected chi connectivity index (χ4v) is 5.33. The van der Waals surface area contributed by atoms with Crippen molar-refractivity contribution in [1.82, 2.24) is 10.6 Å². The minimum absolute atomic E-state index is 0.0770. The number of aliphatic carboxylic acids is 1. The van der Waals surface area contributed by atoms with Crippen LogP contribution in [-0.2, 0) is 14.3 Å². The lowest BCUT2D eigenvalue weighted by Crippen LogP contribution is -2.50. The van der Waals surface area contributed by atoms with Crippen molar-refractivity contribution in [2.45, 2.75) is 43.7 Å². The van der Waals surface area contributed by atoms with Crippen LogP contribution in [0.2, 0.25) is 0 Å². The number of carboxylic acid groups (broad SMARTS) is 1. The maximum atomic E-state index is 12.7. The smallest absolute Gasteiger partial charge is 0.407 e. The van der Waals surface area contributed by atoms with Gasteiger partial charge in [0.2, 0.25) is 5.91 Å². The molecule has 4 unspecified atom stereocenters. The highest BCUT2D eigenvalue weighted by atomic mass is 16.5. The van der Waals surface area contributed by atoms with Crippen LogP contribution in [0, 0.1) is 11.8 Å². The molecule has 0 saturated heterocycles. The summed E-state index contributed by atoms with van der Waals surface area (Å²) in [7, 11) is 0. The molecule has 0 spiro atoms. The minimum atomic E-state index is -1.17. The highest BCUT2D eigenvalue weighted by Gasteiger charge is 2.48. The largest absolute Gasteiger partial charge is 0.481 e. The number of carboxylic acids is 1. The van der Waals surface area contributed by atoms with Crippen molar-refractivity contribution >= 4 is 18.0 Å². The first-order valence-electron chi connectivity index (χ1n) is 11.1. The molecule has 0 heterocycles. The van der Waals surface area contributed by atoms with Crippen LogP contribution in [0.15, 0.2) is 48.5 Å². The number of rotatable bonds is 7. The van der Waals surface area contributed by atoms with Gasteiger partial charge in [-0.1, -0.05) is 48.5 Å². The first kappa shape index (κ1) is 20.5. The van der Waals surface area contributed by atoms with Gasteiger partial charge in [0.25, 0.3) is 0 Å². The molecule has 2 fully saturated rings. The lowest BCUT2D eigenvalue weighted by atomic mass is 9.98. The highest BCUT2D eigenvalue weighted by molar-refractivity contribution is 5.89. The van der Waals surface area contributed by atoms with Gasteiger partial charge >= 0.3 is 12.1 Å². The molecule has 0 aliphatic heterocycles. The van der Waals surface area contributed by atoms with Crippen molar-refractivity contribution in [3.63, 3.8) is 0 Å². The highest BCUT2D eigenvalue weighted by Crippen LogP contribution is 2.51. The number of carbonyl (C=O) groups is 3. The van der Waals surface area contributed by atoms with Gasteiger partial charge in [-0.3, -0.25) is 9.59 Å². The third-order valence-corrected chi connectivity index (χ3v) is 7.00. The van der Waals surface area contributed by atoms with E-state index in [9.17, 15) is 19.5 Å². The van der Waals surface area contributed by atoms with Gasteiger partial charge < -0.3 is 20.5 Å². The van der Waals surface area contributed by atoms with E-state index in [1.807, 2.05) is 36.4 Å². The molecule has 5 rings (SSSR count). The monoisotopic (exact) mass is 434 g/mol. The molecule has 0 bridgehead atoms. The van der Waals surface area contributed by atoms with Crippen molar-refractivity contribution < 1.29 is 24.2 Å². The topological polar surface area (TPSA) is 105 Å². The van der Waals surface area contributed by atoms with E-state index in [2.05, 4.69) is 22.8 Å². The summed E-state index contributed by atoms with van der Waals surface area (Å²) in [6.45, 7) is 0.105. The zero-order valence-corrected chi connectivity index (χ0v) is 17.6. The molecule has 7 heteroatoms. The van der Waals surface area contributed by atoms with E-state index in [-0.39, 0.29) is 18.6 Å². The Hall–Kier alpha value is -3.35. The Morgan fingerprint density at radius 3 is 2.22 bits per heavy atom. The van der Waals surface area contributed by atoms with Gasteiger partial charge in [0.15, 0.2) is 0 Å². The normalized spacial score (nSPS) is 23.4. The van der Waals surface area contributed by atoms with Crippen LogP contribution in [0.4, 0.5) is 4.79 Å². The molecule has 2 amide bonds. The molecular weight excluding hydrogens is 408 g/mol. The second kappa shape index (κ2) is 8.30. The van der Waals surface area contributed by atoms with Crippen molar-refractivity contribution in [2.75, 3.05) is 6.61 Å². The molecule has 32 heavy (non-hydrogen) atoms. The van der Waals surface area contributed by atoms with Gasteiger partial charge in [0.1, 0.15) is 12.6 Å². The van der Waals surface area contributed by atoms with Crippen LogP contribution in [0.3, 0.4) is 0 Å². The zero-order valence-electron chi connectivity index (χ0n) is 17.6. The number of fused-ring (bicyclic) bond motifs is 4. The lowest BCUT2D eigenvalue weighted by Gasteiger charge is -2.21. The summed E-state index contributed by atoms with van der Waals surface area (Å²) in [6, 6.07) is 14.9. The molecule has 0 radical (unpaired) electrons. The van der Waals surface area contributed by atoms with E-state index in [4.69, 9.17) is 4.74 Å². The average molecular weight is 434 g/mol. The fraction of sp³-hybridized carbons (Fsp3) is 0.400. The Labute approximate surface area is 186 Å². The number of alkyl carbamates (subject to hydrolysis) is 1. The summed E-state index contributed by atoms with van der Waals surface area (Å²) in [5.41, 5.74) is 4.41. The van der Waals surface area contributed by atoms with Crippen LogP contribution in [0.25, 0.3) is 11.1 Å². The van der Waals surface area contributed by atoms with Gasteiger partial charge in [0, 0.05) is 12.0 Å². The number of carbonyl (C=O) groups excluding carboxylic acids is 2. The third kappa shape index (κ3) is 3.95. The number of nitrogens with one attached hydrogen (secondary N) is 2. The number of benzene rings is 2. The number of amides is 2. The third-order valence-electron chi connectivity index (χ3n) is 7.00. The van der Waals surface area contributed by atoms with Crippen molar-refractivity contribution in [3.05, 3.63) is 59.7 Å². The Balaban J connectivity index is 1.23. The zero-order chi connectivity index (χ0) is 22.2. The van der Waals surface area contributed by atoms with E-state index < -0.39 is 30.4 Å². The summed E-state index contributed by atoms with van der Waals surface area (Å²) in [4.78, 5) is 36.5. The van der Waals surface area contributed by atoms with Gasteiger partial charge in [-0.05, 0) is 53.4 Å². The SMILES string of the molecule is O=C(O)CC(NC(=O)OCC1c2ccccc2-c2ccccc21)C(=O)NC1CCC2CC21. The Morgan fingerprint density at radius 1 is 1.00 bits per heavy atom. The van der Waals surface area contributed by atoms with Crippen LogP contribution in [0.1, 0.15) is 42.7 Å². The van der Waals surface area contributed by atoms with Gasteiger partial charge in [0.05, 0.1) is 6.42 Å². The predicted molar refractivity (Wildman–Crippen MR) is 117 cm³/mol. The molecule has 2 saturated carbocycles. The van der Waals surface area contributed by atoms with E-state index in [0.717, 1.165) is 41.5 Å². The second-order valence-corrected chi connectivity index (χ2v) is 8.97. The van der Waals surface area contributed by atoms with Crippen molar-refractivity contribution in [2.24, 2.45) is 11.8 Å². The van der Waals surface area contributed by atoms with Crippen LogP contribution in [0.5, 0.6) is 0 Å². The molecule has 3 aliphatic carbocycles. The molecule has 0 aromatic heterocycles. The number of hydrogen-bond acceptors (Lipinski definition) is 4.